The Balaban J connectivity index is 3.54. The Hall–Kier alpha value is -1.53. The Kier molecular flexibility index (Phi) is 3.25. The molecule has 1 aromatic carbocycles. The molecule has 0 aliphatic carbocycles. The van der Waals surface area contributed by atoms with Crippen molar-refractivity contribution < 1.29 is 18.0 Å². The lowest BCUT2D eigenvalue weighted by atomic mass is 10.1. The molecular weight excluding hydrogens is 230 g/mol. The van der Waals surface area contributed by atoms with Crippen molar-refractivity contribution in [3.05, 3.63) is 29.3 Å². The number of Topliss-reactive ketones (excluding diaryl/α,β-unsaturated/α-hetero) is 2. The Morgan fingerprint density at radius 1 is 1.00 bits per heavy atom. The largest absolute Gasteiger partial charge is 0.295 e. The predicted molar refractivity (Wildman–Crippen MR) is 57.8 cm³/mol. The summed E-state index contributed by atoms with van der Waals surface area (Å²) < 4.78 is 22.3. The van der Waals surface area contributed by atoms with Crippen molar-refractivity contribution in [2.45, 2.75) is 18.7 Å². The maximum atomic E-state index is 11.2. The number of ketones is 2. The zero-order chi connectivity index (χ0) is 12.5. The van der Waals surface area contributed by atoms with E-state index in [4.69, 9.17) is 5.14 Å². The van der Waals surface area contributed by atoms with Gasteiger partial charge < -0.3 is 0 Å². The summed E-state index contributed by atoms with van der Waals surface area (Å²) in [5, 5.41) is 4.94. The first-order chi connectivity index (χ1) is 7.21. The molecule has 0 aliphatic rings. The quantitative estimate of drug-likeness (QED) is 0.789. The van der Waals surface area contributed by atoms with Gasteiger partial charge in [-0.2, -0.15) is 0 Å². The lowest BCUT2D eigenvalue weighted by molar-refractivity contribution is 0.101. The van der Waals surface area contributed by atoms with Gasteiger partial charge in [-0.3, -0.25) is 9.59 Å². The highest BCUT2D eigenvalue weighted by Crippen LogP contribution is 2.15. The van der Waals surface area contributed by atoms with E-state index in [9.17, 15) is 18.0 Å². The Morgan fingerprint density at radius 3 is 1.62 bits per heavy atom. The average molecular weight is 241 g/mol. The van der Waals surface area contributed by atoms with Crippen LogP contribution in [0.5, 0.6) is 0 Å². The molecule has 6 heteroatoms. The molecule has 0 unspecified atom stereocenters. The first-order valence-corrected chi connectivity index (χ1v) is 5.96. The van der Waals surface area contributed by atoms with Crippen molar-refractivity contribution in [2.75, 3.05) is 0 Å². The van der Waals surface area contributed by atoms with E-state index in [1.54, 1.807) is 0 Å². The summed E-state index contributed by atoms with van der Waals surface area (Å²) in [5.74, 6) is -0.652. The number of carbonyl (C=O) groups excluding carboxylic acids is 2. The molecule has 86 valence electrons. The van der Waals surface area contributed by atoms with Crippen LogP contribution in [0.3, 0.4) is 0 Å². The number of rotatable bonds is 3. The molecule has 0 saturated heterocycles. The minimum atomic E-state index is -3.92. The monoisotopic (exact) mass is 241 g/mol. The number of hydrogen-bond acceptors (Lipinski definition) is 4. The van der Waals surface area contributed by atoms with Gasteiger partial charge in [0.25, 0.3) is 0 Å². The van der Waals surface area contributed by atoms with Crippen LogP contribution in [0.2, 0.25) is 0 Å². The Morgan fingerprint density at radius 2 is 1.38 bits per heavy atom. The smallest absolute Gasteiger partial charge is 0.238 e. The van der Waals surface area contributed by atoms with Gasteiger partial charge in [-0.15, -0.1) is 0 Å². The molecule has 0 atom stereocenters. The van der Waals surface area contributed by atoms with E-state index >= 15 is 0 Å². The molecular formula is C10H11NO4S. The fourth-order valence-electron chi connectivity index (χ4n) is 1.17. The minimum absolute atomic E-state index is 0.150. The molecule has 1 rings (SSSR count). The number of carbonyl (C=O) groups is 2. The number of benzene rings is 1. The van der Waals surface area contributed by atoms with Crippen molar-refractivity contribution in [3.8, 4) is 0 Å². The van der Waals surface area contributed by atoms with Crippen molar-refractivity contribution >= 4 is 21.6 Å². The van der Waals surface area contributed by atoms with E-state index in [1.807, 2.05) is 0 Å². The van der Waals surface area contributed by atoms with Crippen LogP contribution in [-0.2, 0) is 10.0 Å². The van der Waals surface area contributed by atoms with Gasteiger partial charge in [0.1, 0.15) is 0 Å². The summed E-state index contributed by atoms with van der Waals surface area (Å²) in [4.78, 5) is 22.1. The molecule has 0 heterocycles. The topological polar surface area (TPSA) is 94.3 Å². The maximum Gasteiger partial charge on any atom is 0.238 e. The highest BCUT2D eigenvalue weighted by molar-refractivity contribution is 7.89. The first kappa shape index (κ1) is 12.5. The number of hydrogen-bond donors (Lipinski definition) is 1. The minimum Gasteiger partial charge on any atom is -0.295 e. The van der Waals surface area contributed by atoms with Crippen LogP contribution < -0.4 is 5.14 Å². The van der Waals surface area contributed by atoms with Gasteiger partial charge in [0.2, 0.25) is 10.0 Å². The van der Waals surface area contributed by atoms with Crippen LogP contribution in [-0.4, -0.2) is 20.0 Å². The maximum absolute atomic E-state index is 11.2. The van der Waals surface area contributed by atoms with Gasteiger partial charge in [0.05, 0.1) is 4.90 Å². The lowest BCUT2D eigenvalue weighted by Crippen LogP contribution is -2.14. The van der Waals surface area contributed by atoms with Crippen molar-refractivity contribution in [1.82, 2.24) is 0 Å². The number of sulfonamides is 1. The summed E-state index contributed by atoms with van der Waals surface area (Å²) in [6.07, 6.45) is 0. The normalized spacial score (nSPS) is 11.2. The fourth-order valence-corrected chi connectivity index (χ4v) is 1.75. The van der Waals surface area contributed by atoms with E-state index < -0.39 is 10.0 Å². The highest BCUT2D eigenvalue weighted by Gasteiger charge is 2.14. The van der Waals surface area contributed by atoms with Crippen molar-refractivity contribution in [2.24, 2.45) is 5.14 Å². The average Bonchev–Trinajstić information content (AvgIpc) is 2.15. The molecule has 0 aromatic heterocycles. The summed E-state index contributed by atoms with van der Waals surface area (Å²) in [7, 11) is -3.92. The zero-order valence-electron chi connectivity index (χ0n) is 8.85. The van der Waals surface area contributed by atoms with Gasteiger partial charge >= 0.3 is 0 Å². The van der Waals surface area contributed by atoms with Gasteiger partial charge in [-0.25, -0.2) is 13.6 Å². The van der Waals surface area contributed by atoms with Crippen LogP contribution in [0, 0.1) is 0 Å². The summed E-state index contributed by atoms with van der Waals surface area (Å²) in [5.41, 5.74) is 0.299. The highest BCUT2D eigenvalue weighted by atomic mass is 32.2. The summed E-state index contributed by atoms with van der Waals surface area (Å²) in [6, 6.07) is 3.66. The summed E-state index contributed by atoms with van der Waals surface area (Å²) >= 11 is 0. The number of nitrogens with two attached hydrogens (primary N) is 1. The standard InChI is InChI=1S/C10H11NO4S/c1-6(12)8-3-9(7(2)13)5-10(4-8)16(11,14)15/h3-5H,1-2H3,(H2,11,14,15). The fraction of sp³-hybridized carbons (Fsp3) is 0.200. The molecule has 5 nitrogen and oxygen atoms in total. The first-order valence-electron chi connectivity index (χ1n) is 4.41. The lowest BCUT2D eigenvalue weighted by Gasteiger charge is -2.04. The molecule has 0 amide bonds. The molecule has 0 radical (unpaired) electrons. The third-order valence-electron chi connectivity index (χ3n) is 2.05. The molecule has 0 fully saturated rings. The van der Waals surface area contributed by atoms with Crippen molar-refractivity contribution in [1.29, 1.82) is 0 Å². The third-order valence-corrected chi connectivity index (χ3v) is 2.94. The SMILES string of the molecule is CC(=O)c1cc(C(C)=O)cc(S(N)(=O)=O)c1. The molecule has 0 bridgehead atoms. The van der Waals surface area contributed by atoms with E-state index in [-0.39, 0.29) is 27.6 Å². The molecule has 2 N–H and O–H groups in total. The Bertz CT molecular complexity index is 528. The molecule has 0 spiro atoms. The molecule has 1 aromatic rings. The van der Waals surface area contributed by atoms with Crippen LogP contribution >= 0.6 is 0 Å². The second-order valence-corrected chi connectivity index (χ2v) is 4.96. The van der Waals surface area contributed by atoms with Crippen LogP contribution in [0.25, 0.3) is 0 Å². The van der Waals surface area contributed by atoms with Gasteiger partial charge in [0, 0.05) is 11.1 Å². The van der Waals surface area contributed by atoms with E-state index in [1.165, 1.54) is 19.9 Å². The van der Waals surface area contributed by atoms with E-state index in [0.29, 0.717) is 0 Å². The third kappa shape index (κ3) is 2.74. The second kappa shape index (κ2) is 4.15. The molecule has 0 aliphatic heterocycles. The van der Waals surface area contributed by atoms with Gasteiger partial charge in [-0.1, -0.05) is 0 Å². The van der Waals surface area contributed by atoms with Crippen LogP contribution in [0.1, 0.15) is 34.6 Å². The van der Waals surface area contributed by atoms with E-state index in [2.05, 4.69) is 0 Å². The summed E-state index contributed by atoms with van der Waals surface area (Å²) in [6.45, 7) is 2.57. The van der Waals surface area contributed by atoms with Crippen molar-refractivity contribution in [3.63, 3.8) is 0 Å². The Labute approximate surface area is 93.3 Å². The predicted octanol–water partition coefficient (Wildman–Crippen LogP) is 0.739. The number of primary sulfonamides is 1. The van der Waals surface area contributed by atoms with Gasteiger partial charge in [0.15, 0.2) is 11.6 Å². The van der Waals surface area contributed by atoms with Gasteiger partial charge in [-0.05, 0) is 32.0 Å². The molecule has 0 saturated carbocycles. The van der Waals surface area contributed by atoms with E-state index in [0.717, 1.165) is 12.1 Å². The van der Waals surface area contributed by atoms with Crippen LogP contribution in [0.15, 0.2) is 23.1 Å². The second-order valence-electron chi connectivity index (χ2n) is 3.40. The van der Waals surface area contributed by atoms with Crippen LogP contribution in [0.4, 0.5) is 0 Å². The molecule has 16 heavy (non-hydrogen) atoms. The zero-order valence-corrected chi connectivity index (χ0v) is 9.67.